The molecule has 3 heteroatoms. The molecular formula is C13H16O3. The number of rotatable bonds is 2. The molecule has 86 valence electrons. The van der Waals surface area contributed by atoms with E-state index in [0.29, 0.717) is 17.9 Å². The summed E-state index contributed by atoms with van der Waals surface area (Å²) in [5.74, 6) is 0.0309. The highest BCUT2D eigenvalue weighted by Gasteiger charge is 2.20. The predicted octanol–water partition coefficient (Wildman–Crippen LogP) is 2.45. The first kappa shape index (κ1) is 11.0. The van der Waals surface area contributed by atoms with Crippen LogP contribution in [0.2, 0.25) is 0 Å². The van der Waals surface area contributed by atoms with Gasteiger partial charge < -0.3 is 9.84 Å². The first-order valence-corrected chi connectivity index (χ1v) is 5.75. The summed E-state index contributed by atoms with van der Waals surface area (Å²) < 4.78 is 5.01. The third-order valence-corrected chi connectivity index (χ3v) is 3.01. The van der Waals surface area contributed by atoms with Crippen molar-refractivity contribution in [1.82, 2.24) is 0 Å². The molecule has 1 aliphatic rings. The number of benzene rings is 1. The van der Waals surface area contributed by atoms with Gasteiger partial charge in [0.1, 0.15) is 5.75 Å². The van der Waals surface area contributed by atoms with E-state index in [1.807, 2.05) is 0 Å². The fraction of sp³-hybridized carbons (Fsp3) is 0.462. The zero-order chi connectivity index (χ0) is 11.5. The second-order valence-corrected chi connectivity index (χ2v) is 4.02. The first-order valence-electron chi connectivity index (χ1n) is 5.75. The molecule has 0 aliphatic heterocycles. The van der Waals surface area contributed by atoms with Gasteiger partial charge in [-0.2, -0.15) is 0 Å². The number of aromatic hydroxyl groups is 1. The van der Waals surface area contributed by atoms with Crippen molar-refractivity contribution in [2.75, 3.05) is 6.61 Å². The third kappa shape index (κ3) is 1.90. The largest absolute Gasteiger partial charge is 0.508 e. The maximum absolute atomic E-state index is 11.7. The molecule has 16 heavy (non-hydrogen) atoms. The smallest absolute Gasteiger partial charge is 0.338 e. The summed E-state index contributed by atoms with van der Waals surface area (Å²) in [6.07, 6.45) is 3.86. The molecule has 0 spiro atoms. The minimum atomic E-state index is -0.277. The molecular weight excluding hydrogens is 204 g/mol. The summed E-state index contributed by atoms with van der Waals surface area (Å²) in [6.45, 7) is 2.18. The van der Waals surface area contributed by atoms with E-state index >= 15 is 0 Å². The molecule has 1 aromatic rings. The molecule has 0 bridgehead atoms. The number of hydrogen-bond donors (Lipinski definition) is 1. The summed E-state index contributed by atoms with van der Waals surface area (Å²) in [7, 11) is 0. The maximum Gasteiger partial charge on any atom is 0.338 e. The molecule has 3 nitrogen and oxygen atoms in total. The molecule has 0 saturated heterocycles. The normalized spacial score (nSPS) is 14.3. The molecule has 0 amide bonds. The van der Waals surface area contributed by atoms with Crippen molar-refractivity contribution < 1.29 is 14.6 Å². The van der Waals surface area contributed by atoms with Crippen LogP contribution in [0.5, 0.6) is 5.75 Å². The van der Waals surface area contributed by atoms with E-state index in [4.69, 9.17) is 4.74 Å². The second kappa shape index (κ2) is 4.56. The van der Waals surface area contributed by atoms with Gasteiger partial charge in [-0.25, -0.2) is 4.79 Å². The van der Waals surface area contributed by atoms with Gasteiger partial charge in [0, 0.05) is 0 Å². The molecule has 0 heterocycles. The van der Waals surface area contributed by atoms with Crippen LogP contribution in [0.1, 0.15) is 41.3 Å². The molecule has 1 aromatic carbocycles. The van der Waals surface area contributed by atoms with E-state index in [1.165, 1.54) is 0 Å². The fourth-order valence-electron chi connectivity index (χ4n) is 2.25. The topological polar surface area (TPSA) is 46.5 Å². The van der Waals surface area contributed by atoms with Crippen molar-refractivity contribution in [3.05, 3.63) is 28.8 Å². The predicted molar refractivity (Wildman–Crippen MR) is 60.7 cm³/mol. The number of carbonyl (C=O) groups excluding carboxylic acids is 1. The van der Waals surface area contributed by atoms with Gasteiger partial charge in [0.25, 0.3) is 0 Å². The number of fused-ring (bicyclic) bond motifs is 1. The summed E-state index contributed by atoms with van der Waals surface area (Å²) >= 11 is 0. The van der Waals surface area contributed by atoms with Crippen LogP contribution in [-0.2, 0) is 17.6 Å². The van der Waals surface area contributed by atoms with Gasteiger partial charge in [0.15, 0.2) is 0 Å². The van der Waals surface area contributed by atoms with E-state index in [-0.39, 0.29) is 5.97 Å². The Labute approximate surface area is 95.0 Å². The van der Waals surface area contributed by atoms with Crippen LogP contribution in [0.15, 0.2) is 12.1 Å². The van der Waals surface area contributed by atoms with Gasteiger partial charge in [-0.15, -0.1) is 0 Å². The summed E-state index contributed by atoms with van der Waals surface area (Å²) in [4.78, 5) is 11.7. The average molecular weight is 220 g/mol. The van der Waals surface area contributed by atoms with E-state index in [2.05, 4.69) is 0 Å². The van der Waals surface area contributed by atoms with Crippen molar-refractivity contribution in [3.63, 3.8) is 0 Å². The molecule has 1 aliphatic carbocycles. The fourth-order valence-corrected chi connectivity index (χ4v) is 2.25. The highest BCUT2D eigenvalue weighted by molar-refractivity contribution is 5.92. The highest BCUT2D eigenvalue weighted by atomic mass is 16.5. The molecule has 0 fully saturated rings. The van der Waals surface area contributed by atoms with Crippen molar-refractivity contribution in [1.29, 1.82) is 0 Å². The van der Waals surface area contributed by atoms with E-state index in [0.717, 1.165) is 36.8 Å². The molecule has 0 aromatic heterocycles. The van der Waals surface area contributed by atoms with Crippen molar-refractivity contribution in [2.24, 2.45) is 0 Å². The van der Waals surface area contributed by atoms with Crippen LogP contribution in [-0.4, -0.2) is 17.7 Å². The van der Waals surface area contributed by atoms with Crippen LogP contribution in [0.3, 0.4) is 0 Å². The maximum atomic E-state index is 11.7. The van der Waals surface area contributed by atoms with Crippen molar-refractivity contribution in [2.45, 2.75) is 32.6 Å². The first-order chi connectivity index (χ1) is 7.74. The monoisotopic (exact) mass is 220 g/mol. The Bertz CT molecular complexity index is 410. The summed E-state index contributed by atoms with van der Waals surface area (Å²) in [5, 5.41) is 9.74. The van der Waals surface area contributed by atoms with Gasteiger partial charge in [-0.05, 0) is 55.9 Å². The van der Waals surface area contributed by atoms with Gasteiger partial charge >= 0.3 is 5.97 Å². The van der Waals surface area contributed by atoms with Gasteiger partial charge in [0.05, 0.1) is 12.2 Å². The molecule has 1 N–H and O–H groups in total. The number of carbonyl (C=O) groups is 1. The van der Waals surface area contributed by atoms with Crippen LogP contribution in [0.25, 0.3) is 0 Å². The second-order valence-electron chi connectivity index (χ2n) is 4.02. The van der Waals surface area contributed by atoms with Gasteiger partial charge in [0.2, 0.25) is 0 Å². The Morgan fingerprint density at radius 3 is 2.69 bits per heavy atom. The minimum Gasteiger partial charge on any atom is -0.508 e. The van der Waals surface area contributed by atoms with E-state index in [1.54, 1.807) is 19.1 Å². The molecule has 2 rings (SSSR count). The lowest BCUT2D eigenvalue weighted by molar-refractivity contribution is 0.0524. The third-order valence-electron chi connectivity index (χ3n) is 3.01. The average Bonchev–Trinajstić information content (AvgIpc) is 2.30. The van der Waals surface area contributed by atoms with Crippen LogP contribution in [0, 0.1) is 0 Å². The summed E-state index contributed by atoms with van der Waals surface area (Å²) in [6, 6.07) is 3.26. The Morgan fingerprint density at radius 2 is 2.00 bits per heavy atom. The quantitative estimate of drug-likeness (QED) is 0.779. The number of ether oxygens (including phenoxy) is 1. The zero-order valence-electron chi connectivity index (χ0n) is 9.45. The van der Waals surface area contributed by atoms with Crippen LogP contribution < -0.4 is 0 Å². The molecule has 0 unspecified atom stereocenters. The Hall–Kier alpha value is -1.51. The number of esters is 1. The SMILES string of the molecule is CCOC(=O)c1ccc(O)c2c1CCCC2. The number of phenolic OH excluding ortho intramolecular Hbond substituents is 1. The Morgan fingerprint density at radius 1 is 1.31 bits per heavy atom. The van der Waals surface area contributed by atoms with E-state index in [9.17, 15) is 9.90 Å². The standard InChI is InChI=1S/C13H16O3/c1-2-16-13(15)11-7-8-12(14)10-6-4-3-5-9(10)11/h7-8,14H,2-6H2,1H3. The van der Waals surface area contributed by atoms with Crippen molar-refractivity contribution in [3.8, 4) is 5.75 Å². The lowest BCUT2D eigenvalue weighted by Gasteiger charge is -2.19. The van der Waals surface area contributed by atoms with E-state index < -0.39 is 0 Å². The van der Waals surface area contributed by atoms with Crippen LogP contribution in [0.4, 0.5) is 0 Å². The lowest BCUT2D eigenvalue weighted by atomic mass is 9.87. The van der Waals surface area contributed by atoms with Crippen LogP contribution >= 0.6 is 0 Å². The summed E-state index contributed by atoms with van der Waals surface area (Å²) in [5.41, 5.74) is 2.52. The zero-order valence-corrected chi connectivity index (χ0v) is 9.45. The molecule has 0 saturated carbocycles. The Kier molecular flexibility index (Phi) is 3.13. The molecule has 0 atom stereocenters. The lowest BCUT2D eigenvalue weighted by Crippen LogP contribution is -2.13. The van der Waals surface area contributed by atoms with Crippen molar-refractivity contribution >= 4 is 5.97 Å². The molecule has 0 radical (unpaired) electrons. The Balaban J connectivity index is 2.42. The number of hydrogen-bond acceptors (Lipinski definition) is 3. The minimum absolute atomic E-state index is 0.277. The van der Waals surface area contributed by atoms with Gasteiger partial charge in [-0.3, -0.25) is 0 Å². The highest BCUT2D eigenvalue weighted by Crippen LogP contribution is 2.31. The van der Waals surface area contributed by atoms with Gasteiger partial charge in [-0.1, -0.05) is 0 Å². The number of phenols is 1.